The quantitative estimate of drug-likeness (QED) is 0.495. The van der Waals surface area contributed by atoms with Crippen molar-refractivity contribution in [3.63, 3.8) is 0 Å². The van der Waals surface area contributed by atoms with Gasteiger partial charge in [0.1, 0.15) is 0 Å². The smallest absolute Gasteiger partial charge is 0.0897 e. The first kappa shape index (κ1) is 8.44. The molecule has 2 aliphatic heterocycles. The van der Waals surface area contributed by atoms with Gasteiger partial charge in [-0.05, 0) is 25.8 Å². The molecule has 76 valence electrons. The molecule has 1 aliphatic carbocycles. The Morgan fingerprint density at radius 3 is 3.43 bits per heavy atom. The van der Waals surface area contributed by atoms with Gasteiger partial charge in [-0.1, -0.05) is 6.08 Å². The second-order valence-electron chi connectivity index (χ2n) is 4.32. The summed E-state index contributed by atoms with van der Waals surface area (Å²) < 4.78 is 0. The maximum atomic E-state index is 5.98. The number of nitrogens with zero attached hydrogens (tertiary/aromatic N) is 1. The summed E-state index contributed by atoms with van der Waals surface area (Å²) >= 11 is 0. The molecule has 2 atom stereocenters. The molecule has 4 nitrogen and oxygen atoms in total. The van der Waals surface area contributed by atoms with Crippen LogP contribution in [-0.2, 0) is 0 Å². The van der Waals surface area contributed by atoms with Crippen LogP contribution >= 0.6 is 0 Å². The highest BCUT2D eigenvalue weighted by Crippen LogP contribution is 2.33. The van der Waals surface area contributed by atoms with Crippen LogP contribution in [0, 0.1) is 0 Å². The summed E-state index contributed by atoms with van der Waals surface area (Å²) in [6.07, 6.45) is 5.50. The van der Waals surface area contributed by atoms with E-state index in [-0.39, 0.29) is 5.54 Å². The summed E-state index contributed by atoms with van der Waals surface area (Å²) in [6, 6.07) is 0.491. The Hall–Kier alpha value is -0.870. The van der Waals surface area contributed by atoms with Gasteiger partial charge in [0.2, 0.25) is 0 Å². The van der Waals surface area contributed by atoms with Crippen molar-refractivity contribution in [2.45, 2.75) is 30.8 Å². The van der Waals surface area contributed by atoms with Crippen molar-refractivity contribution in [2.75, 3.05) is 13.2 Å². The Kier molecular flexibility index (Phi) is 1.69. The van der Waals surface area contributed by atoms with E-state index in [0.29, 0.717) is 6.04 Å². The molecule has 4 N–H and O–H groups in total. The summed E-state index contributed by atoms with van der Waals surface area (Å²) in [4.78, 5) is 4.49. The van der Waals surface area contributed by atoms with Crippen LogP contribution in [0.3, 0.4) is 0 Å². The normalized spacial score (nSPS) is 41.0. The predicted molar refractivity (Wildman–Crippen MR) is 56.1 cm³/mol. The van der Waals surface area contributed by atoms with Crippen molar-refractivity contribution >= 4 is 5.71 Å². The molecule has 14 heavy (non-hydrogen) atoms. The van der Waals surface area contributed by atoms with E-state index in [1.165, 1.54) is 6.42 Å². The van der Waals surface area contributed by atoms with Crippen LogP contribution in [0.5, 0.6) is 0 Å². The summed E-state index contributed by atoms with van der Waals surface area (Å²) in [5.74, 6) is 0. The SMILES string of the molecule is NC1=CCC2NCCCC23NCN=C13. The average Bonchev–Trinajstić information content (AvgIpc) is 2.62. The molecule has 2 unspecified atom stereocenters. The molecule has 1 saturated heterocycles. The van der Waals surface area contributed by atoms with Gasteiger partial charge in [-0.25, -0.2) is 0 Å². The standard InChI is InChI=1S/C10H16N4/c11-7-2-3-8-10(4-1-5-12-8)9(7)13-6-14-10/h2,8,12,14H,1,3-6,11H2. The van der Waals surface area contributed by atoms with Crippen molar-refractivity contribution in [1.82, 2.24) is 10.6 Å². The molecule has 0 bridgehead atoms. The van der Waals surface area contributed by atoms with E-state index in [1.807, 2.05) is 0 Å². The Balaban J connectivity index is 2.05. The number of piperidine rings is 1. The maximum Gasteiger partial charge on any atom is 0.0897 e. The second-order valence-corrected chi connectivity index (χ2v) is 4.32. The van der Waals surface area contributed by atoms with Gasteiger partial charge >= 0.3 is 0 Å². The van der Waals surface area contributed by atoms with Gasteiger partial charge in [-0.3, -0.25) is 10.3 Å². The molecule has 0 aromatic rings. The molecule has 4 heteroatoms. The van der Waals surface area contributed by atoms with Gasteiger partial charge in [-0.2, -0.15) is 0 Å². The lowest BCUT2D eigenvalue weighted by Gasteiger charge is -2.45. The number of aliphatic imine (C=N–C) groups is 1. The molecule has 0 aromatic heterocycles. The van der Waals surface area contributed by atoms with Crippen molar-refractivity contribution in [2.24, 2.45) is 10.7 Å². The van der Waals surface area contributed by atoms with E-state index in [9.17, 15) is 0 Å². The van der Waals surface area contributed by atoms with Crippen molar-refractivity contribution in [3.05, 3.63) is 11.8 Å². The van der Waals surface area contributed by atoms with Gasteiger partial charge in [0.15, 0.2) is 0 Å². The molecule has 0 aromatic carbocycles. The highest BCUT2D eigenvalue weighted by molar-refractivity contribution is 6.09. The highest BCUT2D eigenvalue weighted by Gasteiger charge is 2.49. The van der Waals surface area contributed by atoms with Crippen molar-refractivity contribution in [1.29, 1.82) is 0 Å². The molecule has 3 aliphatic rings. The Labute approximate surface area is 83.7 Å². The zero-order valence-electron chi connectivity index (χ0n) is 8.21. The molecule has 1 fully saturated rings. The summed E-state index contributed by atoms with van der Waals surface area (Å²) in [7, 11) is 0. The summed E-state index contributed by atoms with van der Waals surface area (Å²) in [5, 5.41) is 7.08. The van der Waals surface area contributed by atoms with Crippen LogP contribution in [0.1, 0.15) is 19.3 Å². The van der Waals surface area contributed by atoms with Gasteiger partial charge in [-0.15, -0.1) is 0 Å². The molecule has 0 saturated carbocycles. The number of hydrogen-bond donors (Lipinski definition) is 3. The highest BCUT2D eigenvalue weighted by atomic mass is 15.2. The minimum Gasteiger partial charge on any atom is -0.397 e. The summed E-state index contributed by atoms with van der Waals surface area (Å²) in [6.45, 7) is 1.84. The fourth-order valence-electron chi connectivity index (χ4n) is 2.95. The van der Waals surface area contributed by atoms with E-state index in [4.69, 9.17) is 5.73 Å². The fraction of sp³-hybridized carbons (Fsp3) is 0.700. The van der Waals surface area contributed by atoms with E-state index >= 15 is 0 Å². The molecule has 3 rings (SSSR count). The van der Waals surface area contributed by atoms with Gasteiger partial charge in [0.25, 0.3) is 0 Å². The zero-order chi connectivity index (χ0) is 9.60. The third kappa shape index (κ3) is 0.925. The van der Waals surface area contributed by atoms with Crippen LogP contribution < -0.4 is 16.4 Å². The van der Waals surface area contributed by atoms with Crippen LogP contribution in [-0.4, -0.2) is 30.5 Å². The van der Waals surface area contributed by atoms with E-state index < -0.39 is 0 Å². The zero-order valence-corrected chi connectivity index (χ0v) is 8.21. The van der Waals surface area contributed by atoms with Gasteiger partial charge in [0, 0.05) is 6.04 Å². The molecular weight excluding hydrogens is 176 g/mol. The minimum absolute atomic E-state index is 0.0527. The summed E-state index contributed by atoms with van der Waals surface area (Å²) in [5.41, 5.74) is 8.02. The Morgan fingerprint density at radius 1 is 1.57 bits per heavy atom. The molecule has 0 radical (unpaired) electrons. The fourth-order valence-corrected chi connectivity index (χ4v) is 2.95. The molecule has 0 amide bonds. The number of nitrogens with two attached hydrogens (primary N) is 1. The monoisotopic (exact) mass is 192 g/mol. The first-order valence-corrected chi connectivity index (χ1v) is 5.32. The van der Waals surface area contributed by atoms with Crippen LogP contribution in [0.15, 0.2) is 16.8 Å². The lowest BCUT2D eigenvalue weighted by Crippen LogP contribution is -2.66. The first-order valence-electron chi connectivity index (χ1n) is 5.32. The number of nitrogens with one attached hydrogen (secondary N) is 2. The van der Waals surface area contributed by atoms with Crippen molar-refractivity contribution in [3.8, 4) is 0 Å². The molecule has 1 spiro atoms. The minimum atomic E-state index is 0.0527. The third-order valence-corrected chi connectivity index (χ3v) is 3.63. The second kappa shape index (κ2) is 2.81. The predicted octanol–water partition coefficient (Wildman–Crippen LogP) is -0.275. The topological polar surface area (TPSA) is 62.4 Å². The lowest BCUT2D eigenvalue weighted by atomic mass is 9.73. The molecule has 2 heterocycles. The van der Waals surface area contributed by atoms with E-state index in [0.717, 1.165) is 37.5 Å². The largest absolute Gasteiger partial charge is 0.397 e. The van der Waals surface area contributed by atoms with Gasteiger partial charge in [0.05, 0.1) is 23.6 Å². The lowest BCUT2D eigenvalue weighted by molar-refractivity contribution is 0.259. The van der Waals surface area contributed by atoms with Crippen LogP contribution in [0.2, 0.25) is 0 Å². The molecular formula is C10H16N4. The Bertz CT molecular complexity index is 320. The first-order chi connectivity index (χ1) is 6.83. The van der Waals surface area contributed by atoms with E-state index in [1.54, 1.807) is 0 Å². The van der Waals surface area contributed by atoms with Crippen molar-refractivity contribution < 1.29 is 0 Å². The number of rotatable bonds is 0. The Morgan fingerprint density at radius 2 is 2.50 bits per heavy atom. The van der Waals surface area contributed by atoms with Gasteiger partial charge < -0.3 is 11.1 Å². The maximum absolute atomic E-state index is 5.98. The van der Waals surface area contributed by atoms with Crippen LogP contribution in [0.25, 0.3) is 0 Å². The van der Waals surface area contributed by atoms with Crippen LogP contribution in [0.4, 0.5) is 0 Å². The van der Waals surface area contributed by atoms with E-state index in [2.05, 4.69) is 21.7 Å². The third-order valence-electron chi connectivity index (χ3n) is 3.63. The average molecular weight is 192 g/mol. The number of hydrogen-bond acceptors (Lipinski definition) is 4.